The fourth-order valence-electron chi connectivity index (χ4n) is 1.43. The molecule has 0 bridgehead atoms. The Labute approximate surface area is 96.6 Å². The van der Waals surface area contributed by atoms with Crippen LogP contribution in [-0.2, 0) is 11.8 Å². The van der Waals surface area contributed by atoms with Crippen molar-refractivity contribution in [3.63, 3.8) is 0 Å². The topological polar surface area (TPSA) is 38.1 Å². The van der Waals surface area contributed by atoms with Crippen molar-refractivity contribution in [3.05, 3.63) is 24.4 Å². The SMILES string of the molecule is CC=CC(=O)N(CCCC)c1ccn(C)n1. The van der Waals surface area contributed by atoms with Crippen molar-refractivity contribution in [2.45, 2.75) is 26.7 Å². The van der Waals surface area contributed by atoms with Crippen molar-refractivity contribution in [1.82, 2.24) is 9.78 Å². The molecule has 0 spiro atoms. The summed E-state index contributed by atoms with van der Waals surface area (Å²) in [6.45, 7) is 4.67. The average Bonchev–Trinajstić information content (AvgIpc) is 2.66. The Hall–Kier alpha value is -1.58. The molecular weight excluding hydrogens is 202 g/mol. The summed E-state index contributed by atoms with van der Waals surface area (Å²) in [5.41, 5.74) is 0. The maximum Gasteiger partial charge on any atom is 0.251 e. The molecule has 0 atom stereocenters. The first kappa shape index (κ1) is 12.5. The van der Waals surface area contributed by atoms with E-state index in [9.17, 15) is 4.79 Å². The summed E-state index contributed by atoms with van der Waals surface area (Å²) in [5.74, 6) is 0.716. The minimum absolute atomic E-state index is 0.00495. The maximum absolute atomic E-state index is 11.8. The molecule has 0 N–H and O–H groups in total. The molecule has 0 saturated carbocycles. The van der Waals surface area contributed by atoms with E-state index in [1.54, 1.807) is 21.7 Å². The molecule has 0 radical (unpaired) electrons. The van der Waals surface area contributed by atoms with Gasteiger partial charge in [-0.15, -0.1) is 0 Å². The van der Waals surface area contributed by atoms with Crippen molar-refractivity contribution in [3.8, 4) is 0 Å². The number of amides is 1. The number of aryl methyl sites for hydroxylation is 1. The molecule has 1 aromatic heterocycles. The zero-order valence-electron chi connectivity index (χ0n) is 10.2. The lowest BCUT2D eigenvalue weighted by Crippen LogP contribution is -2.30. The second kappa shape index (κ2) is 6.10. The smallest absolute Gasteiger partial charge is 0.251 e. The largest absolute Gasteiger partial charge is 0.292 e. The third-order valence-electron chi connectivity index (χ3n) is 2.29. The molecule has 88 valence electrons. The molecule has 4 nitrogen and oxygen atoms in total. The van der Waals surface area contributed by atoms with Gasteiger partial charge < -0.3 is 0 Å². The van der Waals surface area contributed by atoms with Gasteiger partial charge in [0.05, 0.1) is 0 Å². The molecule has 1 aromatic rings. The number of unbranched alkanes of at least 4 members (excludes halogenated alkanes) is 1. The van der Waals surface area contributed by atoms with E-state index in [1.807, 2.05) is 26.2 Å². The third-order valence-corrected chi connectivity index (χ3v) is 2.29. The van der Waals surface area contributed by atoms with Crippen LogP contribution in [0.5, 0.6) is 0 Å². The molecule has 0 saturated heterocycles. The van der Waals surface area contributed by atoms with Crippen LogP contribution in [0.3, 0.4) is 0 Å². The van der Waals surface area contributed by atoms with Crippen molar-refractivity contribution < 1.29 is 4.79 Å². The second-order valence-corrected chi connectivity index (χ2v) is 3.69. The molecule has 0 aliphatic carbocycles. The van der Waals surface area contributed by atoms with E-state index in [1.165, 1.54) is 0 Å². The summed E-state index contributed by atoms with van der Waals surface area (Å²) in [6, 6.07) is 1.86. The van der Waals surface area contributed by atoms with E-state index in [0.717, 1.165) is 25.2 Å². The number of nitrogens with zero attached hydrogens (tertiary/aromatic N) is 3. The molecule has 0 aromatic carbocycles. The fourth-order valence-corrected chi connectivity index (χ4v) is 1.43. The summed E-state index contributed by atoms with van der Waals surface area (Å²) in [4.78, 5) is 13.6. The van der Waals surface area contributed by atoms with E-state index >= 15 is 0 Å². The van der Waals surface area contributed by atoms with Gasteiger partial charge in [-0.1, -0.05) is 19.4 Å². The summed E-state index contributed by atoms with van der Waals surface area (Å²) in [7, 11) is 1.85. The lowest BCUT2D eigenvalue weighted by Gasteiger charge is -2.17. The van der Waals surface area contributed by atoms with Gasteiger partial charge in [0, 0.05) is 25.9 Å². The Bertz CT molecular complexity index is 368. The Kier molecular flexibility index (Phi) is 4.76. The highest BCUT2D eigenvalue weighted by atomic mass is 16.2. The average molecular weight is 221 g/mol. The Balaban J connectivity index is 2.82. The highest BCUT2D eigenvalue weighted by Gasteiger charge is 2.14. The second-order valence-electron chi connectivity index (χ2n) is 3.69. The van der Waals surface area contributed by atoms with Crippen molar-refractivity contribution in [2.24, 2.45) is 7.05 Å². The number of rotatable bonds is 5. The Morgan fingerprint density at radius 3 is 2.88 bits per heavy atom. The van der Waals surface area contributed by atoms with Crippen molar-refractivity contribution >= 4 is 11.7 Å². The first-order valence-corrected chi connectivity index (χ1v) is 5.63. The van der Waals surface area contributed by atoms with E-state index in [4.69, 9.17) is 0 Å². The zero-order chi connectivity index (χ0) is 12.0. The van der Waals surface area contributed by atoms with Crippen LogP contribution in [0, 0.1) is 0 Å². The molecule has 0 aliphatic rings. The summed E-state index contributed by atoms with van der Waals surface area (Å²) in [6.07, 6.45) is 7.22. The molecule has 1 heterocycles. The molecule has 0 unspecified atom stereocenters. The van der Waals surface area contributed by atoms with Crippen LogP contribution in [0.1, 0.15) is 26.7 Å². The molecule has 1 rings (SSSR count). The van der Waals surface area contributed by atoms with E-state index in [-0.39, 0.29) is 5.91 Å². The minimum Gasteiger partial charge on any atom is -0.292 e. The van der Waals surface area contributed by atoms with Gasteiger partial charge >= 0.3 is 0 Å². The molecular formula is C12H19N3O. The monoisotopic (exact) mass is 221 g/mol. The van der Waals surface area contributed by atoms with Crippen molar-refractivity contribution in [2.75, 3.05) is 11.4 Å². The fraction of sp³-hybridized carbons (Fsp3) is 0.500. The summed E-state index contributed by atoms with van der Waals surface area (Å²) < 4.78 is 1.71. The van der Waals surface area contributed by atoms with Crippen LogP contribution in [-0.4, -0.2) is 22.2 Å². The quantitative estimate of drug-likeness (QED) is 0.714. The zero-order valence-corrected chi connectivity index (χ0v) is 10.2. The molecule has 4 heteroatoms. The van der Waals surface area contributed by atoms with Gasteiger partial charge in [0.1, 0.15) is 0 Å². The van der Waals surface area contributed by atoms with E-state index in [0.29, 0.717) is 0 Å². The predicted molar refractivity (Wildman–Crippen MR) is 65.3 cm³/mol. The van der Waals surface area contributed by atoms with Gasteiger partial charge in [0.25, 0.3) is 5.91 Å². The molecule has 0 aliphatic heterocycles. The van der Waals surface area contributed by atoms with E-state index in [2.05, 4.69) is 12.0 Å². The number of carbonyl (C=O) groups is 1. The number of hydrogen-bond acceptors (Lipinski definition) is 2. The van der Waals surface area contributed by atoms with Crippen LogP contribution in [0.4, 0.5) is 5.82 Å². The first-order chi connectivity index (χ1) is 7.69. The number of aromatic nitrogens is 2. The Morgan fingerprint density at radius 2 is 2.38 bits per heavy atom. The number of anilines is 1. The Morgan fingerprint density at radius 1 is 1.62 bits per heavy atom. The standard InChI is InChI=1S/C12H19N3O/c1-4-6-9-15(12(16)7-5-2)11-8-10-14(3)13-11/h5,7-8,10H,4,6,9H2,1-3H3. The van der Waals surface area contributed by atoms with Crippen LogP contribution in [0.15, 0.2) is 24.4 Å². The van der Waals surface area contributed by atoms with Gasteiger partial charge in [-0.05, 0) is 19.4 Å². The molecule has 16 heavy (non-hydrogen) atoms. The van der Waals surface area contributed by atoms with E-state index < -0.39 is 0 Å². The van der Waals surface area contributed by atoms with Crippen LogP contribution in [0.25, 0.3) is 0 Å². The van der Waals surface area contributed by atoms with Gasteiger partial charge in [0.2, 0.25) is 0 Å². The lowest BCUT2D eigenvalue weighted by atomic mass is 10.3. The highest BCUT2D eigenvalue weighted by Crippen LogP contribution is 2.12. The first-order valence-electron chi connectivity index (χ1n) is 5.63. The van der Waals surface area contributed by atoms with Gasteiger partial charge in [-0.2, -0.15) is 5.10 Å². The summed E-state index contributed by atoms with van der Waals surface area (Å²) in [5, 5.41) is 4.26. The molecule has 1 amide bonds. The summed E-state index contributed by atoms with van der Waals surface area (Å²) >= 11 is 0. The van der Waals surface area contributed by atoms with Crippen LogP contribution in [0.2, 0.25) is 0 Å². The van der Waals surface area contributed by atoms with Gasteiger partial charge in [0.15, 0.2) is 5.82 Å². The normalized spacial score (nSPS) is 10.9. The van der Waals surface area contributed by atoms with Gasteiger partial charge in [-0.3, -0.25) is 14.4 Å². The van der Waals surface area contributed by atoms with Crippen molar-refractivity contribution in [1.29, 1.82) is 0 Å². The minimum atomic E-state index is -0.00495. The number of carbonyl (C=O) groups excluding carboxylic acids is 1. The number of hydrogen-bond donors (Lipinski definition) is 0. The maximum atomic E-state index is 11.8. The lowest BCUT2D eigenvalue weighted by molar-refractivity contribution is -0.114. The highest BCUT2D eigenvalue weighted by molar-refractivity contribution is 6.00. The third kappa shape index (κ3) is 3.22. The number of allylic oxidation sites excluding steroid dienone is 1. The predicted octanol–water partition coefficient (Wildman–Crippen LogP) is 2.13. The molecule has 0 fully saturated rings. The van der Waals surface area contributed by atoms with Crippen LogP contribution >= 0.6 is 0 Å². The van der Waals surface area contributed by atoms with Crippen LogP contribution < -0.4 is 4.90 Å². The van der Waals surface area contributed by atoms with Gasteiger partial charge in [-0.25, -0.2) is 0 Å².